The van der Waals surface area contributed by atoms with E-state index in [9.17, 15) is 4.79 Å². The number of carbonyl (C=O) groups is 1. The molecular weight excluding hydrogens is 378 g/mol. The predicted octanol–water partition coefficient (Wildman–Crippen LogP) is 3.25. The van der Waals surface area contributed by atoms with Crippen LogP contribution in [0.25, 0.3) is 33.5 Å². The first-order chi connectivity index (χ1) is 14.5. The third-order valence-electron chi connectivity index (χ3n) is 5.35. The monoisotopic (exact) mass is 399 g/mol. The molecule has 1 aliphatic rings. The van der Waals surface area contributed by atoms with Crippen LogP contribution in [0.3, 0.4) is 0 Å². The second-order valence-electron chi connectivity index (χ2n) is 7.58. The molecule has 0 atom stereocenters. The number of nitrogens with zero attached hydrogens (tertiary/aromatic N) is 3. The smallest absolute Gasteiger partial charge is 0.269 e. The first kappa shape index (κ1) is 18.1. The molecule has 2 aromatic heterocycles. The molecule has 4 aromatic rings. The molecule has 1 aliphatic carbocycles. The molecule has 2 aromatic carbocycles. The van der Waals surface area contributed by atoms with Crippen molar-refractivity contribution in [3.8, 4) is 22.6 Å². The van der Waals surface area contributed by atoms with Crippen LogP contribution in [0.15, 0.2) is 42.6 Å². The van der Waals surface area contributed by atoms with E-state index in [2.05, 4.69) is 20.5 Å². The minimum atomic E-state index is -0.693. The van der Waals surface area contributed by atoms with Crippen LogP contribution in [-0.2, 0) is 0 Å². The maximum absolute atomic E-state index is 12.2. The van der Waals surface area contributed by atoms with Crippen LogP contribution < -0.4 is 16.8 Å². The third kappa shape index (κ3) is 3.02. The Kier molecular flexibility index (Phi) is 4.13. The fourth-order valence-electron chi connectivity index (χ4n) is 3.66. The van der Waals surface area contributed by atoms with Gasteiger partial charge in [-0.2, -0.15) is 5.10 Å². The number of aryl methyl sites for hydroxylation is 1. The summed E-state index contributed by atoms with van der Waals surface area (Å²) in [6, 6.07) is 12.1. The van der Waals surface area contributed by atoms with Crippen molar-refractivity contribution < 1.29 is 4.79 Å². The van der Waals surface area contributed by atoms with Gasteiger partial charge in [-0.05, 0) is 43.5 Å². The summed E-state index contributed by atoms with van der Waals surface area (Å²) in [5.74, 6) is -0.293. The van der Waals surface area contributed by atoms with Gasteiger partial charge in [-0.25, -0.2) is 9.97 Å². The molecular formula is C22H21N7O. The molecule has 1 amide bonds. The van der Waals surface area contributed by atoms with Crippen LogP contribution in [0.4, 0.5) is 11.4 Å². The van der Waals surface area contributed by atoms with E-state index in [0.29, 0.717) is 17.6 Å². The van der Waals surface area contributed by atoms with Crippen molar-refractivity contribution in [2.24, 2.45) is 5.73 Å². The fraction of sp³-hybridized carbons (Fsp3) is 0.182. The molecule has 30 heavy (non-hydrogen) atoms. The number of nitrogens with two attached hydrogens (primary N) is 2. The molecule has 0 unspecified atom stereocenters. The van der Waals surface area contributed by atoms with Crippen LogP contribution in [0.5, 0.6) is 0 Å². The number of anilines is 2. The quantitative estimate of drug-likeness (QED) is 0.407. The Hall–Kier alpha value is -3.94. The van der Waals surface area contributed by atoms with Crippen molar-refractivity contribution in [2.45, 2.75) is 25.8 Å². The van der Waals surface area contributed by atoms with Gasteiger partial charge < -0.3 is 16.8 Å². The van der Waals surface area contributed by atoms with Crippen molar-refractivity contribution in [1.29, 1.82) is 0 Å². The lowest BCUT2D eigenvalue weighted by molar-refractivity contribution is 0.0996. The van der Waals surface area contributed by atoms with Crippen molar-refractivity contribution in [3.63, 3.8) is 0 Å². The number of aromatic amines is 1. The Morgan fingerprint density at radius 1 is 1.17 bits per heavy atom. The zero-order chi connectivity index (χ0) is 20.8. The fourth-order valence-corrected chi connectivity index (χ4v) is 3.66. The summed E-state index contributed by atoms with van der Waals surface area (Å²) in [4.78, 5) is 21.4. The number of nitrogen functional groups attached to an aromatic ring is 1. The van der Waals surface area contributed by atoms with Crippen LogP contribution in [0.1, 0.15) is 28.9 Å². The summed E-state index contributed by atoms with van der Waals surface area (Å²) < 4.78 is 0. The van der Waals surface area contributed by atoms with Gasteiger partial charge in [0.15, 0.2) is 11.5 Å². The zero-order valence-electron chi connectivity index (χ0n) is 16.4. The average Bonchev–Trinajstić information content (AvgIpc) is 3.42. The molecule has 0 aliphatic heterocycles. The second kappa shape index (κ2) is 6.84. The number of benzene rings is 2. The Balaban J connectivity index is 1.77. The van der Waals surface area contributed by atoms with E-state index in [1.807, 2.05) is 43.3 Å². The van der Waals surface area contributed by atoms with Crippen molar-refractivity contribution in [3.05, 3.63) is 53.9 Å². The topological polar surface area (TPSA) is 136 Å². The number of nitrogens with one attached hydrogen (secondary N) is 2. The summed E-state index contributed by atoms with van der Waals surface area (Å²) >= 11 is 0. The van der Waals surface area contributed by atoms with Crippen LogP contribution in [-0.4, -0.2) is 32.1 Å². The molecule has 5 rings (SSSR count). The number of primary amides is 1. The number of carbonyl (C=O) groups excluding carboxylic acids is 1. The number of aromatic nitrogens is 4. The highest BCUT2D eigenvalue weighted by molar-refractivity contribution is 6.04. The molecule has 0 radical (unpaired) electrons. The predicted molar refractivity (Wildman–Crippen MR) is 117 cm³/mol. The molecule has 8 heteroatoms. The highest BCUT2D eigenvalue weighted by Gasteiger charge is 2.25. The minimum absolute atomic E-state index is 0.0103. The van der Waals surface area contributed by atoms with E-state index in [-0.39, 0.29) is 11.4 Å². The molecule has 0 saturated heterocycles. The first-order valence-corrected chi connectivity index (χ1v) is 9.79. The van der Waals surface area contributed by atoms with E-state index in [1.165, 1.54) is 0 Å². The largest absolute Gasteiger partial charge is 0.395 e. The molecule has 6 N–H and O–H groups in total. The van der Waals surface area contributed by atoms with E-state index >= 15 is 0 Å². The Morgan fingerprint density at radius 3 is 2.73 bits per heavy atom. The zero-order valence-corrected chi connectivity index (χ0v) is 16.4. The molecule has 2 heterocycles. The second-order valence-corrected chi connectivity index (χ2v) is 7.58. The van der Waals surface area contributed by atoms with Gasteiger partial charge in [0, 0.05) is 28.2 Å². The Morgan fingerprint density at radius 2 is 1.97 bits per heavy atom. The van der Waals surface area contributed by atoms with Gasteiger partial charge in [-0.3, -0.25) is 9.89 Å². The number of rotatable bonds is 5. The van der Waals surface area contributed by atoms with Crippen molar-refractivity contribution >= 4 is 28.2 Å². The number of H-pyrrole nitrogens is 1. The van der Waals surface area contributed by atoms with Gasteiger partial charge in [0.2, 0.25) is 0 Å². The number of amides is 1. The molecule has 150 valence electrons. The maximum Gasteiger partial charge on any atom is 0.269 e. The Bertz CT molecular complexity index is 1290. The highest BCUT2D eigenvalue weighted by Crippen LogP contribution is 2.37. The SMILES string of the molecule is Cc1ccc2[nH]ncc2c1-c1nc(-c2ccccc2NC2CC2)nc(C(N)=O)c1N. The molecule has 8 nitrogen and oxygen atoms in total. The van der Waals surface area contributed by atoms with Gasteiger partial charge in [0.25, 0.3) is 5.91 Å². The van der Waals surface area contributed by atoms with Crippen molar-refractivity contribution in [1.82, 2.24) is 20.2 Å². The molecule has 1 fully saturated rings. The normalized spacial score (nSPS) is 13.5. The summed E-state index contributed by atoms with van der Waals surface area (Å²) in [6.45, 7) is 1.97. The first-order valence-electron chi connectivity index (χ1n) is 9.79. The van der Waals surface area contributed by atoms with Gasteiger partial charge >= 0.3 is 0 Å². The lowest BCUT2D eigenvalue weighted by Crippen LogP contribution is -2.18. The van der Waals surface area contributed by atoms with E-state index in [1.54, 1.807) is 6.20 Å². The molecule has 0 spiro atoms. The molecule has 0 bridgehead atoms. The van der Waals surface area contributed by atoms with Gasteiger partial charge in [-0.15, -0.1) is 0 Å². The summed E-state index contributed by atoms with van der Waals surface area (Å²) in [5, 5.41) is 11.5. The maximum atomic E-state index is 12.2. The lowest BCUT2D eigenvalue weighted by Gasteiger charge is -2.15. The lowest BCUT2D eigenvalue weighted by atomic mass is 9.99. The average molecular weight is 399 g/mol. The standard InChI is InChI=1S/C22H21N7O/c1-11-6-9-16-14(10-25-29-16)17(11)19-18(23)20(21(24)30)28-22(27-19)13-4-2-3-5-15(13)26-12-7-8-12/h2-6,9-10,12,26H,7-8,23H2,1H3,(H2,24,30)(H,25,29). The summed E-state index contributed by atoms with van der Waals surface area (Å²) in [6.07, 6.45) is 4.00. The molecule has 1 saturated carbocycles. The van der Waals surface area contributed by atoms with Crippen LogP contribution in [0, 0.1) is 6.92 Å². The van der Waals surface area contributed by atoms with Crippen LogP contribution >= 0.6 is 0 Å². The van der Waals surface area contributed by atoms with E-state index in [0.717, 1.165) is 46.1 Å². The summed E-state index contributed by atoms with van der Waals surface area (Å²) in [5.41, 5.74) is 17.0. The van der Waals surface area contributed by atoms with Crippen LogP contribution in [0.2, 0.25) is 0 Å². The van der Waals surface area contributed by atoms with E-state index < -0.39 is 5.91 Å². The number of hydrogen-bond donors (Lipinski definition) is 4. The van der Waals surface area contributed by atoms with Gasteiger partial charge in [-0.1, -0.05) is 18.2 Å². The van der Waals surface area contributed by atoms with Gasteiger partial charge in [0.05, 0.1) is 23.1 Å². The minimum Gasteiger partial charge on any atom is -0.395 e. The highest BCUT2D eigenvalue weighted by atomic mass is 16.1. The summed E-state index contributed by atoms with van der Waals surface area (Å²) in [7, 11) is 0. The van der Waals surface area contributed by atoms with Gasteiger partial charge in [0.1, 0.15) is 0 Å². The number of fused-ring (bicyclic) bond motifs is 1. The number of hydrogen-bond acceptors (Lipinski definition) is 6. The van der Waals surface area contributed by atoms with Crippen molar-refractivity contribution in [2.75, 3.05) is 11.1 Å². The Labute approximate surface area is 172 Å². The third-order valence-corrected chi connectivity index (χ3v) is 5.35. The number of para-hydroxylation sites is 1. The van der Waals surface area contributed by atoms with E-state index in [4.69, 9.17) is 16.5 Å².